The summed E-state index contributed by atoms with van der Waals surface area (Å²) in [5.74, 6) is -0.292. The van der Waals surface area contributed by atoms with Gasteiger partial charge in [0.05, 0.1) is 6.54 Å². The van der Waals surface area contributed by atoms with Crippen molar-refractivity contribution < 1.29 is 9.59 Å². The molecule has 2 amide bonds. The third-order valence-electron chi connectivity index (χ3n) is 2.85. The van der Waals surface area contributed by atoms with Crippen LogP contribution in [0.2, 0.25) is 0 Å². The number of thiazole rings is 1. The van der Waals surface area contributed by atoms with Crippen molar-refractivity contribution in [2.24, 2.45) is 0 Å². The van der Waals surface area contributed by atoms with Crippen molar-refractivity contribution in [3.63, 3.8) is 0 Å². The summed E-state index contributed by atoms with van der Waals surface area (Å²) in [4.78, 5) is 27.8. The van der Waals surface area contributed by atoms with Gasteiger partial charge in [0.25, 0.3) is 5.91 Å². The highest BCUT2D eigenvalue weighted by atomic mass is 79.9. The van der Waals surface area contributed by atoms with Gasteiger partial charge in [0, 0.05) is 34.1 Å². The maximum Gasteiger partial charge on any atom is 0.251 e. The van der Waals surface area contributed by atoms with Crippen LogP contribution in [-0.2, 0) is 11.3 Å². The van der Waals surface area contributed by atoms with Gasteiger partial charge in [-0.1, -0.05) is 15.9 Å². The molecule has 2 rings (SSSR count). The van der Waals surface area contributed by atoms with Crippen molar-refractivity contribution in [1.29, 1.82) is 0 Å². The molecule has 0 radical (unpaired) electrons. The minimum atomic E-state index is -0.184. The highest BCUT2D eigenvalue weighted by molar-refractivity contribution is 9.10. The third kappa shape index (κ3) is 5.23. The van der Waals surface area contributed by atoms with Crippen molar-refractivity contribution in [2.45, 2.75) is 19.9 Å². The topological polar surface area (TPSA) is 71.1 Å². The van der Waals surface area contributed by atoms with Crippen molar-refractivity contribution in [3.05, 3.63) is 50.4 Å². The molecule has 0 aliphatic heterocycles. The first-order valence-electron chi connectivity index (χ1n) is 6.76. The predicted octanol–water partition coefficient (Wildman–Crippen LogP) is 2.65. The Kier molecular flexibility index (Phi) is 6.09. The lowest BCUT2D eigenvalue weighted by Crippen LogP contribution is -2.30. The molecule has 116 valence electrons. The summed E-state index contributed by atoms with van der Waals surface area (Å²) in [7, 11) is 0. The fraction of sp³-hybridized carbons (Fsp3) is 0.267. The van der Waals surface area contributed by atoms with Crippen LogP contribution in [0.4, 0.5) is 0 Å². The van der Waals surface area contributed by atoms with Crippen LogP contribution < -0.4 is 10.6 Å². The molecule has 5 nitrogen and oxygen atoms in total. The van der Waals surface area contributed by atoms with Crippen LogP contribution in [0, 0.1) is 6.92 Å². The molecule has 0 spiro atoms. The van der Waals surface area contributed by atoms with Gasteiger partial charge in [0.15, 0.2) is 0 Å². The maximum absolute atomic E-state index is 11.9. The number of aromatic nitrogens is 1. The number of nitrogens with zero attached hydrogens (tertiary/aromatic N) is 1. The molecule has 22 heavy (non-hydrogen) atoms. The fourth-order valence-corrected chi connectivity index (χ4v) is 2.72. The summed E-state index contributed by atoms with van der Waals surface area (Å²) < 4.78 is 0.917. The second kappa shape index (κ2) is 8.05. The van der Waals surface area contributed by atoms with Gasteiger partial charge in [-0.2, -0.15) is 0 Å². The average Bonchev–Trinajstić information content (AvgIpc) is 2.91. The smallest absolute Gasteiger partial charge is 0.251 e. The van der Waals surface area contributed by atoms with Crippen LogP contribution in [0.1, 0.15) is 27.5 Å². The molecule has 2 aromatic rings. The Bertz CT molecular complexity index is 655. The van der Waals surface area contributed by atoms with Crippen LogP contribution >= 0.6 is 27.3 Å². The van der Waals surface area contributed by atoms with E-state index in [2.05, 4.69) is 31.5 Å². The second-order valence-electron chi connectivity index (χ2n) is 4.67. The lowest BCUT2D eigenvalue weighted by molar-refractivity contribution is -0.121. The van der Waals surface area contributed by atoms with Gasteiger partial charge >= 0.3 is 0 Å². The minimum Gasteiger partial charge on any atom is -0.352 e. The molecular weight excluding hydrogens is 366 g/mol. The number of nitrogens with one attached hydrogen (secondary N) is 2. The average molecular weight is 382 g/mol. The molecule has 7 heteroatoms. The lowest BCUT2D eigenvalue weighted by atomic mass is 10.2. The molecule has 0 aliphatic carbocycles. The Morgan fingerprint density at radius 2 is 1.95 bits per heavy atom. The first kappa shape index (κ1) is 16.6. The highest BCUT2D eigenvalue weighted by Crippen LogP contribution is 2.10. The molecule has 0 aliphatic rings. The summed E-state index contributed by atoms with van der Waals surface area (Å²) >= 11 is 4.83. The molecule has 1 aromatic heterocycles. The van der Waals surface area contributed by atoms with Crippen LogP contribution in [0.5, 0.6) is 0 Å². The Hall–Kier alpha value is -1.73. The molecule has 1 heterocycles. The molecule has 0 unspecified atom stereocenters. The van der Waals surface area contributed by atoms with Crippen molar-refractivity contribution >= 4 is 39.1 Å². The summed E-state index contributed by atoms with van der Waals surface area (Å²) in [5.41, 5.74) is 1.53. The zero-order valence-corrected chi connectivity index (χ0v) is 14.5. The summed E-state index contributed by atoms with van der Waals surface area (Å²) in [6.45, 7) is 2.65. The van der Waals surface area contributed by atoms with Crippen LogP contribution in [0.3, 0.4) is 0 Å². The third-order valence-corrected chi connectivity index (χ3v) is 4.34. The van der Waals surface area contributed by atoms with Gasteiger partial charge < -0.3 is 10.6 Å². The minimum absolute atomic E-state index is 0.107. The van der Waals surface area contributed by atoms with E-state index in [1.165, 1.54) is 11.3 Å². The molecule has 0 saturated heterocycles. The van der Waals surface area contributed by atoms with E-state index in [1.54, 1.807) is 24.3 Å². The van der Waals surface area contributed by atoms with E-state index in [0.29, 0.717) is 18.7 Å². The van der Waals surface area contributed by atoms with Crippen LogP contribution in [0.15, 0.2) is 34.1 Å². The number of benzene rings is 1. The fourth-order valence-electron chi connectivity index (χ4n) is 1.74. The normalized spacial score (nSPS) is 10.3. The second-order valence-corrected chi connectivity index (χ2v) is 6.53. The van der Waals surface area contributed by atoms with E-state index >= 15 is 0 Å². The van der Waals surface area contributed by atoms with Gasteiger partial charge in [-0.3, -0.25) is 9.59 Å². The zero-order chi connectivity index (χ0) is 15.9. The summed E-state index contributed by atoms with van der Waals surface area (Å²) in [6, 6.07) is 7.06. The van der Waals surface area contributed by atoms with E-state index in [-0.39, 0.29) is 18.2 Å². The number of hydrogen-bond donors (Lipinski definition) is 2. The zero-order valence-electron chi connectivity index (χ0n) is 12.1. The highest BCUT2D eigenvalue weighted by Gasteiger charge is 2.07. The van der Waals surface area contributed by atoms with Gasteiger partial charge in [0.2, 0.25) is 5.91 Å². The molecule has 2 N–H and O–H groups in total. The first-order chi connectivity index (χ1) is 10.5. The summed E-state index contributed by atoms with van der Waals surface area (Å²) in [6.07, 6.45) is 0.243. The number of carbonyl (C=O) groups excluding carboxylic acids is 2. The quantitative estimate of drug-likeness (QED) is 0.807. The lowest BCUT2D eigenvalue weighted by Gasteiger charge is -2.06. The largest absolute Gasteiger partial charge is 0.352 e. The molecular formula is C15H16BrN3O2S. The van der Waals surface area contributed by atoms with Crippen molar-refractivity contribution in [2.75, 3.05) is 6.54 Å². The number of hydrogen-bond acceptors (Lipinski definition) is 4. The first-order valence-corrected chi connectivity index (χ1v) is 8.43. The Morgan fingerprint density at radius 1 is 1.23 bits per heavy atom. The molecule has 0 atom stereocenters. The summed E-state index contributed by atoms with van der Waals surface area (Å²) in [5, 5.41) is 8.33. The van der Waals surface area contributed by atoms with E-state index in [0.717, 1.165) is 15.2 Å². The van der Waals surface area contributed by atoms with Gasteiger partial charge in [0.1, 0.15) is 5.01 Å². The molecule has 1 aromatic carbocycles. The van der Waals surface area contributed by atoms with E-state index in [4.69, 9.17) is 0 Å². The van der Waals surface area contributed by atoms with Gasteiger partial charge in [-0.15, -0.1) is 11.3 Å². The molecule has 0 bridgehead atoms. The number of amides is 2. The van der Waals surface area contributed by atoms with E-state index in [1.807, 2.05) is 12.3 Å². The van der Waals surface area contributed by atoms with Gasteiger partial charge in [-0.05, 0) is 31.2 Å². The van der Waals surface area contributed by atoms with Crippen molar-refractivity contribution in [1.82, 2.24) is 15.6 Å². The van der Waals surface area contributed by atoms with Crippen molar-refractivity contribution in [3.8, 4) is 0 Å². The number of carbonyl (C=O) groups is 2. The number of halogens is 1. The molecule has 0 fully saturated rings. The standard InChI is InChI=1S/C15H16BrN3O2S/c1-10-9-22-14(19-10)8-18-13(20)6-7-17-15(21)11-2-4-12(16)5-3-11/h2-5,9H,6-8H2,1H3,(H,17,21)(H,18,20). The Balaban J connectivity index is 1.68. The van der Waals surface area contributed by atoms with Crippen LogP contribution in [0.25, 0.3) is 0 Å². The maximum atomic E-state index is 11.9. The predicted molar refractivity (Wildman–Crippen MR) is 89.8 cm³/mol. The molecule has 0 saturated carbocycles. The SMILES string of the molecule is Cc1csc(CNC(=O)CCNC(=O)c2ccc(Br)cc2)n1. The van der Waals surface area contributed by atoms with E-state index in [9.17, 15) is 9.59 Å². The van der Waals surface area contributed by atoms with Crippen LogP contribution in [-0.4, -0.2) is 23.3 Å². The number of rotatable bonds is 6. The van der Waals surface area contributed by atoms with E-state index < -0.39 is 0 Å². The monoisotopic (exact) mass is 381 g/mol. The van der Waals surface area contributed by atoms with Gasteiger partial charge in [-0.25, -0.2) is 4.98 Å². The number of aryl methyl sites for hydroxylation is 1. The Morgan fingerprint density at radius 3 is 2.59 bits per heavy atom. The Labute approximate surface area is 141 Å².